The topological polar surface area (TPSA) is 66.8 Å². The Labute approximate surface area is 151 Å². The maximum Gasteiger partial charge on any atom is 0.225 e. The molecule has 0 unspecified atom stereocenters. The average Bonchev–Trinajstić information content (AvgIpc) is 3.17. The second-order valence-electron chi connectivity index (χ2n) is 6.15. The van der Waals surface area contributed by atoms with Crippen LogP contribution in [0.4, 0.5) is 11.1 Å². The van der Waals surface area contributed by atoms with Gasteiger partial charge in [-0.15, -0.1) is 0 Å². The van der Waals surface area contributed by atoms with E-state index in [2.05, 4.69) is 29.5 Å². The molecule has 25 heavy (non-hydrogen) atoms. The molecule has 4 rings (SSSR count). The lowest BCUT2D eigenvalue weighted by Crippen LogP contribution is -2.36. The van der Waals surface area contributed by atoms with Gasteiger partial charge in [0.05, 0.1) is 0 Å². The predicted octanol–water partition coefficient (Wildman–Crippen LogP) is 3.32. The highest BCUT2D eigenvalue weighted by molar-refractivity contribution is 7.09. The van der Waals surface area contributed by atoms with Crippen LogP contribution in [-0.4, -0.2) is 39.0 Å². The van der Waals surface area contributed by atoms with Crippen molar-refractivity contribution in [2.24, 2.45) is 5.92 Å². The normalized spacial score (nSPS) is 15.3. The summed E-state index contributed by atoms with van der Waals surface area (Å²) in [5.74, 6) is 2.28. The molecule has 1 aliphatic heterocycles. The standard InChI is InChI=1S/C18H20N6S/c1-2-5-15(6-3-1)16-22-18(25-23-16)21-13-14-7-11-24(12-8-14)17-19-9-4-10-20-17/h1-6,9-10,14H,7-8,11-13H2,(H,21,22,23). The summed E-state index contributed by atoms with van der Waals surface area (Å²) in [5, 5.41) is 4.35. The Morgan fingerprint density at radius 2 is 1.80 bits per heavy atom. The van der Waals surface area contributed by atoms with Gasteiger partial charge in [0, 0.05) is 49.1 Å². The van der Waals surface area contributed by atoms with Gasteiger partial charge in [0.15, 0.2) is 5.82 Å². The van der Waals surface area contributed by atoms with Gasteiger partial charge < -0.3 is 10.2 Å². The fourth-order valence-electron chi connectivity index (χ4n) is 3.02. The molecule has 0 atom stereocenters. The monoisotopic (exact) mass is 352 g/mol. The van der Waals surface area contributed by atoms with E-state index in [1.165, 1.54) is 11.5 Å². The molecule has 1 aliphatic rings. The minimum atomic E-state index is 0.643. The lowest BCUT2D eigenvalue weighted by Gasteiger charge is -2.31. The number of piperidine rings is 1. The molecule has 0 radical (unpaired) electrons. The summed E-state index contributed by atoms with van der Waals surface area (Å²) in [5.41, 5.74) is 1.06. The fourth-order valence-corrected chi connectivity index (χ4v) is 3.62. The maximum atomic E-state index is 4.59. The van der Waals surface area contributed by atoms with Crippen LogP contribution in [0.1, 0.15) is 12.8 Å². The molecule has 0 aliphatic carbocycles. The zero-order valence-corrected chi connectivity index (χ0v) is 14.7. The van der Waals surface area contributed by atoms with E-state index >= 15 is 0 Å². The first-order chi connectivity index (χ1) is 12.4. The molecule has 6 nitrogen and oxygen atoms in total. The van der Waals surface area contributed by atoms with Crippen molar-refractivity contribution in [3.63, 3.8) is 0 Å². The van der Waals surface area contributed by atoms with E-state index in [1.807, 2.05) is 36.4 Å². The predicted molar refractivity (Wildman–Crippen MR) is 101 cm³/mol. The van der Waals surface area contributed by atoms with E-state index in [0.29, 0.717) is 5.92 Å². The van der Waals surface area contributed by atoms with Gasteiger partial charge in [0.2, 0.25) is 11.1 Å². The van der Waals surface area contributed by atoms with Gasteiger partial charge in [0.25, 0.3) is 0 Å². The van der Waals surface area contributed by atoms with E-state index in [-0.39, 0.29) is 0 Å². The molecule has 2 aromatic heterocycles. The number of aromatic nitrogens is 4. The molecule has 3 heterocycles. The number of benzene rings is 1. The SMILES string of the molecule is c1ccc(-c2nsc(NCC3CCN(c4ncccn4)CC3)n2)cc1. The third-order valence-corrected chi connectivity index (χ3v) is 5.12. The Hall–Kier alpha value is -2.54. The highest BCUT2D eigenvalue weighted by Crippen LogP contribution is 2.23. The number of hydrogen-bond acceptors (Lipinski definition) is 7. The van der Waals surface area contributed by atoms with Crippen molar-refractivity contribution in [2.45, 2.75) is 12.8 Å². The lowest BCUT2D eigenvalue weighted by atomic mass is 9.97. The van der Waals surface area contributed by atoms with Crippen LogP contribution in [0.3, 0.4) is 0 Å². The number of nitrogens with zero attached hydrogens (tertiary/aromatic N) is 5. The van der Waals surface area contributed by atoms with Crippen LogP contribution < -0.4 is 10.2 Å². The summed E-state index contributed by atoms with van der Waals surface area (Å²) < 4.78 is 4.45. The van der Waals surface area contributed by atoms with Gasteiger partial charge in [-0.2, -0.15) is 9.36 Å². The molecule has 1 N–H and O–H groups in total. The van der Waals surface area contributed by atoms with Crippen molar-refractivity contribution in [2.75, 3.05) is 29.9 Å². The highest BCUT2D eigenvalue weighted by Gasteiger charge is 2.21. The van der Waals surface area contributed by atoms with E-state index < -0.39 is 0 Å². The highest BCUT2D eigenvalue weighted by atomic mass is 32.1. The van der Waals surface area contributed by atoms with Crippen LogP contribution >= 0.6 is 11.5 Å². The van der Waals surface area contributed by atoms with Gasteiger partial charge in [0.1, 0.15) is 0 Å². The van der Waals surface area contributed by atoms with Gasteiger partial charge in [-0.25, -0.2) is 9.97 Å². The number of rotatable bonds is 5. The van der Waals surface area contributed by atoms with Crippen molar-refractivity contribution in [1.29, 1.82) is 0 Å². The fraction of sp³-hybridized carbons (Fsp3) is 0.333. The molecular formula is C18H20N6S. The van der Waals surface area contributed by atoms with Crippen LogP contribution in [0.5, 0.6) is 0 Å². The summed E-state index contributed by atoms with van der Waals surface area (Å²) in [6.07, 6.45) is 5.87. The van der Waals surface area contributed by atoms with Gasteiger partial charge in [-0.3, -0.25) is 0 Å². The molecule has 0 saturated carbocycles. The largest absolute Gasteiger partial charge is 0.360 e. The molecular weight excluding hydrogens is 332 g/mol. The molecule has 3 aromatic rings. The van der Waals surface area contributed by atoms with Crippen LogP contribution in [0.2, 0.25) is 0 Å². The van der Waals surface area contributed by atoms with Gasteiger partial charge >= 0.3 is 0 Å². The maximum absolute atomic E-state index is 4.59. The smallest absolute Gasteiger partial charge is 0.225 e. The van der Waals surface area contributed by atoms with Crippen LogP contribution in [0.25, 0.3) is 11.4 Å². The van der Waals surface area contributed by atoms with Gasteiger partial charge in [-0.1, -0.05) is 30.3 Å². The van der Waals surface area contributed by atoms with Crippen LogP contribution in [0, 0.1) is 5.92 Å². The summed E-state index contributed by atoms with van der Waals surface area (Å²) in [4.78, 5) is 15.5. The molecule has 1 saturated heterocycles. The Balaban J connectivity index is 1.28. The minimum Gasteiger partial charge on any atom is -0.360 e. The molecule has 0 amide bonds. The van der Waals surface area contributed by atoms with Crippen LogP contribution in [-0.2, 0) is 0 Å². The second-order valence-corrected chi connectivity index (χ2v) is 6.90. The first-order valence-electron chi connectivity index (χ1n) is 8.53. The molecule has 1 fully saturated rings. The van der Waals surface area contributed by atoms with E-state index in [9.17, 15) is 0 Å². The molecule has 1 aromatic carbocycles. The Morgan fingerprint density at radius 3 is 2.56 bits per heavy atom. The van der Waals surface area contributed by atoms with Crippen molar-refractivity contribution >= 4 is 22.6 Å². The quantitative estimate of drug-likeness (QED) is 0.760. The van der Waals surface area contributed by atoms with Crippen molar-refractivity contribution < 1.29 is 0 Å². The third kappa shape index (κ3) is 3.93. The molecule has 128 valence electrons. The summed E-state index contributed by atoms with van der Waals surface area (Å²) in [6.45, 7) is 2.94. The van der Waals surface area contributed by atoms with E-state index in [0.717, 1.165) is 54.9 Å². The Morgan fingerprint density at radius 1 is 1.04 bits per heavy atom. The average molecular weight is 352 g/mol. The molecule has 7 heteroatoms. The minimum absolute atomic E-state index is 0.643. The summed E-state index contributed by atoms with van der Waals surface area (Å²) in [6, 6.07) is 11.9. The number of anilines is 2. The lowest BCUT2D eigenvalue weighted by molar-refractivity contribution is 0.420. The summed E-state index contributed by atoms with van der Waals surface area (Å²) in [7, 11) is 0. The number of hydrogen-bond donors (Lipinski definition) is 1. The molecule has 0 spiro atoms. The zero-order chi connectivity index (χ0) is 16.9. The van der Waals surface area contributed by atoms with E-state index in [4.69, 9.17) is 0 Å². The Kier molecular flexibility index (Phi) is 4.83. The van der Waals surface area contributed by atoms with E-state index in [1.54, 1.807) is 12.4 Å². The van der Waals surface area contributed by atoms with Crippen LogP contribution in [0.15, 0.2) is 48.8 Å². The third-order valence-electron chi connectivity index (χ3n) is 4.45. The first kappa shape index (κ1) is 16.0. The van der Waals surface area contributed by atoms with Gasteiger partial charge in [-0.05, 0) is 24.8 Å². The summed E-state index contributed by atoms with van der Waals surface area (Å²) >= 11 is 1.43. The van der Waals surface area contributed by atoms with Crippen molar-refractivity contribution in [3.8, 4) is 11.4 Å². The zero-order valence-electron chi connectivity index (χ0n) is 13.9. The second kappa shape index (κ2) is 7.57. The van der Waals surface area contributed by atoms with Crippen molar-refractivity contribution in [1.82, 2.24) is 19.3 Å². The van der Waals surface area contributed by atoms with Crippen molar-refractivity contribution in [3.05, 3.63) is 48.8 Å². The Bertz CT molecular complexity index is 784. The molecule has 0 bridgehead atoms. The first-order valence-corrected chi connectivity index (χ1v) is 9.31. The number of nitrogens with one attached hydrogen (secondary N) is 1.